The molecule has 0 fully saturated rings. The van der Waals surface area contributed by atoms with E-state index in [0.29, 0.717) is 0 Å². The van der Waals surface area contributed by atoms with Crippen molar-refractivity contribution in [2.75, 3.05) is 0 Å². The Hall–Kier alpha value is 0.766. The second-order valence-electron chi connectivity index (χ2n) is 3.24. The zero-order chi connectivity index (χ0) is 7.11. The van der Waals surface area contributed by atoms with Gasteiger partial charge in [-0.25, -0.2) is 0 Å². The predicted octanol–water partition coefficient (Wildman–Crippen LogP) is 3.46. The minimum absolute atomic E-state index is 0. The molecule has 0 amide bonds. The van der Waals surface area contributed by atoms with Gasteiger partial charge in [-0.05, 0) is 5.92 Å². The Kier molecular flexibility index (Phi) is 13.1. The molecule has 0 radical (unpaired) electrons. The van der Waals surface area contributed by atoms with Gasteiger partial charge in [0.15, 0.2) is 0 Å². The summed E-state index contributed by atoms with van der Waals surface area (Å²) in [7, 11) is 0. The van der Waals surface area contributed by atoms with E-state index in [9.17, 15) is 0 Å². The van der Waals surface area contributed by atoms with Crippen molar-refractivity contribution in [3.8, 4) is 0 Å². The van der Waals surface area contributed by atoms with Gasteiger partial charge in [-0.15, -0.1) is 0 Å². The summed E-state index contributed by atoms with van der Waals surface area (Å²) in [4.78, 5) is 0. The summed E-state index contributed by atoms with van der Waals surface area (Å²) in [5, 5.41) is 0. The molecule has 0 saturated heterocycles. The molecular formula is C9H22Mg. The molecule has 1 heteroatoms. The van der Waals surface area contributed by atoms with Crippen LogP contribution >= 0.6 is 0 Å². The van der Waals surface area contributed by atoms with E-state index in [0.717, 1.165) is 5.92 Å². The van der Waals surface area contributed by atoms with Crippen molar-refractivity contribution in [3.63, 3.8) is 0 Å². The Morgan fingerprint density at radius 1 is 1.10 bits per heavy atom. The van der Waals surface area contributed by atoms with Crippen LogP contribution in [0.15, 0.2) is 0 Å². The van der Waals surface area contributed by atoms with Gasteiger partial charge in [0, 0.05) is 0 Å². The number of unbranched alkanes of at least 4 members (excludes halogenated alkanes) is 3. The Bertz CT molecular complexity index is 58.5. The fourth-order valence-corrected chi connectivity index (χ4v) is 0.979. The van der Waals surface area contributed by atoms with E-state index in [-0.39, 0.29) is 25.9 Å². The van der Waals surface area contributed by atoms with Crippen LogP contribution < -0.4 is 0 Å². The van der Waals surface area contributed by atoms with Crippen LogP contribution in [0.2, 0.25) is 0 Å². The third-order valence-corrected chi connectivity index (χ3v) is 1.64. The van der Waals surface area contributed by atoms with Gasteiger partial charge in [-0.3, -0.25) is 0 Å². The Morgan fingerprint density at radius 2 is 1.70 bits per heavy atom. The normalized spacial score (nSPS) is 9.60. The molecule has 0 spiro atoms. The van der Waals surface area contributed by atoms with Gasteiger partial charge in [0.05, 0.1) is 0 Å². The van der Waals surface area contributed by atoms with Crippen LogP contribution in [-0.2, 0) is 0 Å². The Balaban J connectivity index is -0.000000107. The summed E-state index contributed by atoms with van der Waals surface area (Å²) in [5.74, 6) is 0.904. The van der Waals surface area contributed by atoms with Crippen molar-refractivity contribution in [2.24, 2.45) is 5.92 Å². The molecule has 0 saturated carbocycles. The minimum Gasteiger partial charge on any atom is -1.00 e. The molecule has 0 aliphatic rings. The van der Waals surface area contributed by atoms with Crippen molar-refractivity contribution in [1.29, 1.82) is 0 Å². The predicted molar refractivity (Wildman–Crippen MR) is 51.6 cm³/mol. The van der Waals surface area contributed by atoms with Gasteiger partial charge >= 0.3 is 23.1 Å². The number of hydrogen-bond donors (Lipinski definition) is 0. The van der Waals surface area contributed by atoms with Crippen molar-refractivity contribution < 1.29 is 2.85 Å². The molecule has 0 aromatic carbocycles. The second kappa shape index (κ2) is 9.77. The number of hydrogen-bond acceptors (Lipinski definition) is 0. The molecular weight excluding hydrogens is 132 g/mol. The standard InChI is InChI=1S/C9H20.Mg.2H/c1-4-5-6-7-8-9(2)3;;;/h9H,4-8H2,1-3H3;;;/q;+2;2*-1. The van der Waals surface area contributed by atoms with Crippen LogP contribution in [0.3, 0.4) is 0 Å². The van der Waals surface area contributed by atoms with Gasteiger partial charge in [-0.2, -0.15) is 0 Å². The number of rotatable bonds is 5. The van der Waals surface area contributed by atoms with Crippen LogP contribution in [0, 0.1) is 5.92 Å². The SMILES string of the molecule is CCCCCCC(C)C.[H-].[H-].[Mg+2]. The molecule has 0 atom stereocenters. The first-order valence-electron chi connectivity index (χ1n) is 4.27. The largest absolute Gasteiger partial charge is 2.00 e. The average Bonchev–Trinajstić information content (AvgIpc) is 1.80. The van der Waals surface area contributed by atoms with Crippen LogP contribution in [0.25, 0.3) is 0 Å². The van der Waals surface area contributed by atoms with Gasteiger partial charge in [0.25, 0.3) is 0 Å². The van der Waals surface area contributed by atoms with E-state index in [2.05, 4.69) is 20.8 Å². The topological polar surface area (TPSA) is 0 Å². The molecule has 10 heavy (non-hydrogen) atoms. The fourth-order valence-electron chi connectivity index (χ4n) is 0.979. The first-order valence-corrected chi connectivity index (χ1v) is 4.27. The summed E-state index contributed by atoms with van der Waals surface area (Å²) in [6.07, 6.45) is 7.07. The minimum atomic E-state index is 0. The summed E-state index contributed by atoms with van der Waals surface area (Å²) in [5.41, 5.74) is 0. The van der Waals surface area contributed by atoms with Gasteiger partial charge < -0.3 is 2.85 Å². The molecule has 0 bridgehead atoms. The molecule has 0 rings (SSSR count). The van der Waals surface area contributed by atoms with Crippen molar-refractivity contribution in [3.05, 3.63) is 0 Å². The maximum absolute atomic E-state index is 2.30. The van der Waals surface area contributed by atoms with Crippen molar-refractivity contribution >= 4 is 23.1 Å². The summed E-state index contributed by atoms with van der Waals surface area (Å²) in [6, 6.07) is 0. The first kappa shape index (κ1) is 13.4. The molecule has 0 heterocycles. The van der Waals surface area contributed by atoms with Gasteiger partial charge in [-0.1, -0.05) is 52.9 Å². The van der Waals surface area contributed by atoms with Crippen LogP contribution in [0.4, 0.5) is 0 Å². The smallest absolute Gasteiger partial charge is 1.00 e. The fraction of sp³-hybridized carbons (Fsp3) is 1.00. The van der Waals surface area contributed by atoms with E-state index < -0.39 is 0 Å². The summed E-state index contributed by atoms with van der Waals surface area (Å²) in [6.45, 7) is 6.85. The summed E-state index contributed by atoms with van der Waals surface area (Å²) >= 11 is 0. The molecule has 0 nitrogen and oxygen atoms in total. The van der Waals surface area contributed by atoms with E-state index in [4.69, 9.17) is 0 Å². The molecule has 0 unspecified atom stereocenters. The average molecular weight is 155 g/mol. The monoisotopic (exact) mass is 154 g/mol. The molecule has 0 aromatic rings. The third-order valence-electron chi connectivity index (χ3n) is 1.64. The quantitative estimate of drug-likeness (QED) is 0.420. The molecule has 60 valence electrons. The van der Waals surface area contributed by atoms with Crippen LogP contribution in [-0.4, -0.2) is 23.1 Å². The van der Waals surface area contributed by atoms with Gasteiger partial charge in [0.1, 0.15) is 0 Å². The Morgan fingerprint density at radius 3 is 2.10 bits per heavy atom. The maximum atomic E-state index is 2.30. The first-order chi connectivity index (χ1) is 4.27. The van der Waals surface area contributed by atoms with Gasteiger partial charge in [0.2, 0.25) is 0 Å². The maximum Gasteiger partial charge on any atom is 2.00 e. The van der Waals surface area contributed by atoms with Crippen LogP contribution in [0.5, 0.6) is 0 Å². The van der Waals surface area contributed by atoms with Crippen molar-refractivity contribution in [2.45, 2.75) is 52.9 Å². The zero-order valence-electron chi connectivity index (χ0n) is 9.82. The molecule has 0 aliphatic carbocycles. The summed E-state index contributed by atoms with van der Waals surface area (Å²) < 4.78 is 0. The Labute approximate surface area is 84.9 Å². The third kappa shape index (κ3) is 11.5. The van der Waals surface area contributed by atoms with Crippen molar-refractivity contribution in [1.82, 2.24) is 0 Å². The molecule has 0 aromatic heterocycles. The van der Waals surface area contributed by atoms with E-state index >= 15 is 0 Å². The van der Waals surface area contributed by atoms with E-state index in [1.54, 1.807) is 0 Å². The van der Waals surface area contributed by atoms with E-state index in [1.807, 2.05) is 0 Å². The van der Waals surface area contributed by atoms with E-state index in [1.165, 1.54) is 32.1 Å². The zero-order valence-corrected chi connectivity index (χ0v) is 9.23. The molecule has 0 aliphatic heterocycles. The molecule has 0 N–H and O–H groups in total. The van der Waals surface area contributed by atoms with Crippen LogP contribution in [0.1, 0.15) is 55.7 Å². The second-order valence-corrected chi connectivity index (χ2v) is 3.24.